The van der Waals surface area contributed by atoms with E-state index in [0.717, 1.165) is 16.1 Å². The molecule has 0 saturated carbocycles. The van der Waals surface area contributed by atoms with E-state index in [0.29, 0.717) is 11.1 Å². The molecule has 2 amide bonds. The van der Waals surface area contributed by atoms with Gasteiger partial charge in [0, 0.05) is 9.89 Å². The van der Waals surface area contributed by atoms with Crippen LogP contribution in [0.2, 0.25) is 0 Å². The number of hydrazine groups is 1. The van der Waals surface area contributed by atoms with E-state index in [-0.39, 0.29) is 5.41 Å². The number of carbonyl (C=O) groups is 2. The second kappa shape index (κ2) is 11.0. The first-order chi connectivity index (χ1) is 17.8. The van der Waals surface area contributed by atoms with Gasteiger partial charge >= 0.3 is 12.2 Å². The number of amides is 2. The Morgan fingerprint density at radius 1 is 0.897 bits per heavy atom. The number of ether oxygens (including phenoxy) is 2. The predicted molar refractivity (Wildman–Crippen MR) is 162 cm³/mol. The predicted octanol–water partition coefficient (Wildman–Crippen LogP) is 8.85. The van der Waals surface area contributed by atoms with Crippen LogP contribution in [0.5, 0.6) is 0 Å². The summed E-state index contributed by atoms with van der Waals surface area (Å²) < 4.78 is 12.0. The fourth-order valence-corrected chi connectivity index (χ4v) is 5.03. The minimum absolute atomic E-state index is 0.156. The third kappa shape index (κ3) is 8.10. The maximum absolute atomic E-state index is 12.7. The molecule has 0 bridgehead atoms. The lowest BCUT2D eigenvalue weighted by Gasteiger charge is -2.29. The summed E-state index contributed by atoms with van der Waals surface area (Å²) in [6, 6.07) is 12.2. The molecule has 2 aliphatic carbocycles. The van der Waals surface area contributed by atoms with E-state index >= 15 is 0 Å². The molecular weight excluding hydrogens is 556 g/mol. The number of anilines is 1. The zero-order chi connectivity index (χ0) is 29.4. The van der Waals surface area contributed by atoms with Crippen molar-refractivity contribution in [2.24, 2.45) is 0 Å². The van der Waals surface area contributed by atoms with Gasteiger partial charge in [-0.25, -0.2) is 15.0 Å². The van der Waals surface area contributed by atoms with Gasteiger partial charge < -0.3 is 9.47 Å². The minimum Gasteiger partial charge on any atom is -0.443 e. The van der Waals surface area contributed by atoms with E-state index in [4.69, 9.17) is 9.47 Å². The Kier molecular flexibility index (Phi) is 8.66. The summed E-state index contributed by atoms with van der Waals surface area (Å²) in [5.74, 6) is 0. The monoisotopic (exact) mass is 598 g/mol. The van der Waals surface area contributed by atoms with Crippen LogP contribution in [0, 0.1) is 0 Å². The maximum Gasteiger partial charge on any atom is 0.434 e. The molecule has 0 unspecified atom stereocenters. The summed E-state index contributed by atoms with van der Waals surface area (Å²) in [5.41, 5.74) is 7.07. The number of nitrogens with one attached hydrogen (secondary N) is 1. The Bertz CT molecular complexity index is 1270. The summed E-state index contributed by atoms with van der Waals surface area (Å²) in [5, 5.41) is 1.09. The Labute approximate surface area is 242 Å². The molecule has 2 aromatic carbocycles. The molecular formula is C32H43BrN2O4. The van der Waals surface area contributed by atoms with Crippen molar-refractivity contribution in [3.8, 4) is 0 Å². The summed E-state index contributed by atoms with van der Waals surface area (Å²) in [4.78, 5) is 25.0. The van der Waals surface area contributed by atoms with Crippen LogP contribution >= 0.6 is 15.9 Å². The third-order valence-corrected chi connectivity index (χ3v) is 7.16. The quantitative estimate of drug-likeness (QED) is 0.333. The number of allylic oxidation sites excluding steroid dienone is 1. The standard InChI is InChI=1S/C21H30N2O4.C11H13Br/c1-19(2,3)26-17(24)22-23(18(25)27-20(4,5)6)15-10-9-14-11-12-21(7,8)16(14)13-15;1-11(2)6-5-8-3-4-9(12)7-10(8)11/h9-13H,1-8H3,(H,22,24);3-4,7H,5-6H2,1-2H3. The highest BCUT2D eigenvalue weighted by Gasteiger charge is 2.31. The molecule has 0 aromatic heterocycles. The van der Waals surface area contributed by atoms with Crippen LogP contribution in [0.25, 0.3) is 6.08 Å². The SMILES string of the molecule is CC(C)(C)OC(=O)NN(C(=O)OC(C)(C)C)c1ccc2c(c1)C(C)(C)C=C2.CC1(C)CCc2ccc(Br)cc21. The maximum atomic E-state index is 12.7. The zero-order valence-corrected chi connectivity index (χ0v) is 26.6. The largest absolute Gasteiger partial charge is 0.443 e. The van der Waals surface area contributed by atoms with Crippen molar-refractivity contribution in [3.63, 3.8) is 0 Å². The van der Waals surface area contributed by atoms with Gasteiger partial charge in [0.25, 0.3) is 0 Å². The lowest BCUT2D eigenvalue weighted by atomic mass is 9.87. The number of carbonyl (C=O) groups excluding carboxylic acids is 2. The van der Waals surface area contributed by atoms with Gasteiger partial charge in [0.2, 0.25) is 0 Å². The number of halogens is 1. The number of aryl methyl sites for hydroxylation is 1. The van der Waals surface area contributed by atoms with Crippen LogP contribution in [0.4, 0.5) is 15.3 Å². The lowest BCUT2D eigenvalue weighted by Crippen LogP contribution is -2.50. The van der Waals surface area contributed by atoms with Gasteiger partial charge in [-0.3, -0.25) is 0 Å². The summed E-state index contributed by atoms with van der Waals surface area (Å²) in [6.07, 6.45) is 5.29. The molecule has 0 heterocycles. The van der Waals surface area contributed by atoms with E-state index in [1.54, 1.807) is 47.6 Å². The first-order valence-electron chi connectivity index (χ1n) is 13.4. The molecule has 212 valence electrons. The van der Waals surface area contributed by atoms with Gasteiger partial charge in [-0.05, 0) is 106 Å². The second-order valence-electron chi connectivity index (χ2n) is 13.4. The number of benzene rings is 2. The Hall–Kier alpha value is -2.80. The van der Waals surface area contributed by atoms with E-state index < -0.39 is 23.4 Å². The molecule has 2 aliphatic rings. The van der Waals surface area contributed by atoms with E-state index in [9.17, 15) is 9.59 Å². The van der Waals surface area contributed by atoms with E-state index in [1.807, 2.05) is 12.1 Å². The van der Waals surface area contributed by atoms with Gasteiger partial charge in [-0.15, -0.1) is 0 Å². The number of nitrogens with zero attached hydrogens (tertiary/aromatic N) is 1. The molecule has 0 radical (unpaired) electrons. The summed E-state index contributed by atoms with van der Waals surface area (Å²) >= 11 is 3.52. The molecule has 0 spiro atoms. The number of fused-ring (bicyclic) bond motifs is 2. The molecule has 7 heteroatoms. The highest BCUT2D eigenvalue weighted by Crippen LogP contribution is 2.39. The first-order valence-corrected chi connectivity index (χ1v) is 14.2. The van der Waals surface area contributed by atoms with Gasteiger partial charge in [-0.2, -0.15) is 5.01 Å². The Morgan fingerprint density at radius 2 is 1.54 bits per heavy atom. The van der Waals surface area contributed by atoms with Crippen LogP contribution < -0.4 is 10.4 Å². The van der Waals surface area contributed by atoms with Crippen LogP contribution in [0.3, 0.4) is 0 Å². The summed E-state index contributed by atoms with van der Waals surface area (Å²) in [6.45, 7) is 19.4. The molecule has 39 heavy (non-hydrogen) atoms. The highest BCUT2D eigenvalue weighted by molar-refractivity contribution is 9.10. The minimum atomic E-state index is -0.730. The fourth-order valence-electron chi connectivity index (χ4n) is 4.67. The van der Waals surface area contributed by atoms with Crippen LogP contribution in [-0.4, -0.2) is 23.4 Å². The number of hydrogen-bond donors (Lipinski definition) is 1. The Balaban J connectivity index is 0.000000289. The smallest absolute Gasteiger partial charge is 0.434 e. The van der Waals surface area contributed by atoms with E-state index in [2.05, 4.69) is 79.4 Å². The zero-order valence-electron chi connectivity index (χ0n) is 25.0. The topological polar surface area (TPSA) is 67.9 Å². The van der Waals surface area contributed by atoms with Crippen molar-refractivity contribution in [3.05, 3.63) is 69.2 Å². The van der Waals surface area contributed by atoms with Crippen molar-refractivity contribution < 1.29 is 19.1 Å². The third-order valence-electron chi connectivity index (χ3n) is 6.67. The van der Waals surface area contributed by atoms with Gasteiger partial charge in [0.05, 0.1) is 5.69 Å². The van der Waals surface area contributed by atoms with Crippen molar-refractivity contribution in [2.45, 2.75) is 104 Å². The fraction of sp³-hybridized carbons (Fsp3) is 0.500. The Morgan fingerprint density at radius 3 is 2.15 bits per heavy atom. The second-order valence-corrected chi connectivity index (χ2v) is 14.4. The normalized spacial score (nSPS) is 16.4. The van der Waals surface area contributed by atoms with Crippen LogP contribution in [0.1, 0.15) is 97.9 Å². The number of rotatable bonds is 1. The van der Waals surface area contributed by atoms with Crippen LogP contribution in [0.15, 0.2) is 46.9 Å². The van der Waals surface area contributed by atoms with E-state index in [1.165, 1.54) is 28.4 Å². The molecule has 4 rings (SSSR count). The van der Waals surface area contributed by atoms with Crippen molar-refractivity contribution in [2.75, 3.05) is 5.01 Å². The first kappa shape index (κ1) is 30.7. The van der Waals surface area contributed by atoms with Crippen molar-refractivity contribution >= 4 is 39.9 Å². The average Bonchev–Trinajstić information content (AvgIpc) is 3.25. The molecule has 1 N–H and O–H groups in total. The molecule has 0 saturated heterocycles. The van der Waals surface area contributed by atoms with Gasteiger partial charge in [0.15, 0.2) is 0 Å². The molecule has 0 aliphatic heterocycles. The molecule has 0 fully saturated rings. The van der Waals surface area contributed by atoms with Crippen LogP contribution in [-0.2, 0) is 26.7 Å². The van der Waals surface area contributed by atoms with Crippen molar-refractivity contribution in [1.29, 1.82) is 0 Å². The average molecular weight is 600 g/mol. The van der Waals surface area contributed by atoms with Crippen molar-refractivity contribution in [1.82, 2.24) is 5.43 Å². The van der Waals surface area contributed by atoms with Gasteiger partial charge in [-0.1, -0.05) is 67.9 Å². The number of hydrogen-bond acceptors (Lipinski definition) is 4. The van der Waals surface area contributed by atoms with Gasteiger partial charge in [0.1, 0.15) is 11.2 Å². The lowest BCUT2D eigenvalue weighted by molar-refractivity contribution is 0.0425. The highest BCUT2D eigenvalue weighted by atomic mass is 79.9. The molecule has 0 atom stereocenters. The molecule has 2 aromatic rings. The molecule has 6 nitrogen and oxygen atoms in total. The summed E-state index contributed by atoms with van der Waals surface area (Å²) in [7, 11) is 0.